The van der Waals surface area contributed by atoms with Crippen LogP contribution in [0.1, 0.15) is 13.3 Å². The third kappa shape index (κ3) is 2.66. The van der Waals surface area contributed by atoms with Gasteiger partial charge < -0.3 is 15.8 Å². The largest absolute Gasteiger partial charge is 0.399 e. The van der Waals surface area contributed by atoms with Gasteiger partial charge in [0.15, 0.2) is 11.6 Å². The van der Waals surface area contributed by atoms with Crippen LogP contribution in [-0.2, 0) is 4.74 Å². The van der Waals surface area contributed by atoms with Crippen LogP contribution >= 0.6 is 0 Å². The number of hydrogen-bond acceptors (Lipinski definition) is 3. The van der Waals surface area contributed by atoms with Gasteiger partial charge in [0, 0.05) is 24.3 Å². The fourth-order valence-electron chi connectivity index (χ4n) is 2.02. The van der Waals surface area contributed by atoms with Crippen molar-refractivity contribution in [3.05, 3.63) is 23.8 Å². The van der Waals surface area contributed by atoms with Gasteiger partial charge in [-0.2, -0.15) is 0 Å². The lowest BCUT2D eigenvalue weighted by molar-refractivity contribution is 0.183. The van der Waals surface area contributed by atoms with Gasteiger partial charge in [0.25, 0.3) is 0 Å². The van der Waals surface area contributed by atoms with Crippen molar-refractivity contribution in [2.75, 3.05) is 24.3 Å². The van der Waals surface area contributed by atoms with Crippen LogP contribution in [0.15, 0.2) is 12.1 Å². The maximum Gasteiger partial charge on any atom is 0.151 e. The van der Waals surface area contributed by atoms with Crippen LogP contribution in [0.25, 0.3) is 0 Å². The van der Waals surface area contributed by atoms with Crippen LogP contribution in [0, 0.1) is 17.6 Å². The standard InChI is InChI=1S/C12H16F2N2O/c1-7(8-2-3-17-6-8)16-12-10(13)4-9(15)5-11(12)14/h4-5,7-8,16H,2-3,6,15H2,1H3. The number of nitrogen functional groups attached to an aromatic ring is 1. The summed E-state index contributed by atoms with van der Waals surface area (Å²) in [6.45, 7) is 3.24. The van der Waals surface area contributed by atoms with Crippen molar-refractivity contribution >= 4 is 11.4 Å². The highest BCUT2D eigenvalue weighted by Crippen LogP contribution is 2.25. The fraction of sp³-hybridized carbons (Fsp3) is 0.500. The summed E-state index contributed by atoms with van der Waals surface area (Å²) in [5.41, 5.74) is 5.33. The molecule has 1 aromatic carbocycles. The predicted octanol–water partition coefficient (Wildman–Crippen LogP) is 2.38. The molecular formula is C12H16F2N2O. The zero-order chi connectivity index (χ0) is 12.4. The van der Waals surface area contributed by atoms with Crippen LogP contribution < -0.4 is 11.1 Å². The van der Waals surface area contributed by atoms with Crippen molar-refractivity contribution in [2.24, 2.45) is 5.92 Å². The van der Waals surface area contributed by atoms with Crippen LogP contribution in [0.5, 0.6) is 0 Å². The van der Waals surface area contributed by atoms with E-state index in [0.717, 1.165) is 18.6 Å². The van der Waals surface area contributed by atoms with Crippen molar-refractivity contribution in [3.63, 3.8) is 0 Å². The number of benzene rings is 1. The molecular weight excluding hydrogens is 226 g/mol. The Morgan fingerprint density at radius 3 is 2.59 bits per heavy atom. The van der Waals surface area contributed by atoms with Crippen LogP contribution in [0.2, 0.25) is 0 Å². The smallest absolute Gasteiger partial charge is 0.151 e. The topological polar surface area (TPSA) is 47.3 Å². The van der Waals surface area contributed by atoms with E-state index in [2.05, 4.69) is 5.32 Å². The first-order chi connectivity index (χ1) is 8.08. The second-order valence-corrected chi connectivity index (χ2v) is 4.42. The van der Waals surface area contributed by atoms with E-state index in [1.54, 1.807) is 0 Å². The zero-order valence-electron chi connectivity index (χ0n) is 9.67. The molecule has 1 aliphatic heterocycles. The van der Waals surface area contributed by atoms with Crippen molar-refractivity contribution in [3.8, 4) is 0 Å². The molecule has 3 N–H and O–H groups in total. The maximum atomic E-state index is 13.5. The van der Waals surface area contributed by atoms with Gasteiger partial charge in [0.2, 0.25) is 0 Å². The van der Waals surface area contributed by atoms with E-state index in [1.807, 2.05) is 6.92 Å². The SMILES string of the molecule is CC(Nc1c(F)cc(N)cc1F)C1CCOC1. The van der Waals surface area contributed by atoms with E-state index in [-0.39, 0.29) is 23.3 Å². The Bertz CT molecular complexity index is 382. The van der Waals surface area contributed by atoms with Crippen LogP contribution in [0.4, 0.5) is 20.2 Å². The Morgan fingerprint density at radius 2 is 2.06 bits per heavy atom. The maximum absolute atomic E-state index is 13.5. The van der Waals surface area contributed by atoms with Gasteiger partial charge in [-0.25, -0.2) is 8.78 Å². The summed E-state index contributed by atoms with van der Waals surface area (Å²) in [5, 5.41) is 2.86. The molecule has 0 spiro atoms. The van der Waals surface area contributed by atoms with Crippen molar-refractivity contribution in [1.82, 2.24) is 0 Å². The van der Waals surface area contributed by atoms with E-state index < -0.39 is 11.6 Å². The summed E-state index contributed by atoms with van der Waals surface area (Å²) < 4.78 is 32.3. The predicted molar refractivity (Wildman–Crippen MR) is 62.8 cm³/mol. The molecule has 0 radical (unpaired) electrons. The fourth-order valence-corrected chi connectivity index (χ4v) is 2.02. The molecule has 0 amide bonds. The van der Waals surface area contributed by atoms with E-state index in [4.69, 9.17) is 10.5 Å². The number of ether oxygens (including phenoxy) is 1. The highest BCUT2D eigenvalue weighted by Gasteiger charge is 2.24. The lowest BCUT2D eigenvalue weighted by Crippen LogP contribution is -2.27. The Hall–Kier alpha value is -1.36. The van der Waals surface area contributed by atoms with Gasteiger partial charge in [-0.05, 0) is 25.5 Å². The third-order valence-corrected chi connectivity index (χ3v) is 3.11. The minimum Gasteiger partial charge on any atom is -0.399 e. The molecule has 2 atom stereocenters. The molecule has 3 nitrogen and oxygen atoms in total. The molecule has 0 aromatic heterocycles. The molecule has 1 fully saturated rings. The van der Waals surface area contributed by atoms with Crippen molar-refractivity contribution < 1.29 is 13.5 Å². The van der Waals surface area contributed by atoms with Crippen molar-refractivity contribution in [1.29, 1.82) is 0 Å². The first-order valence-electron chi connectivity index (χ1n) is 5.66. The lowest BCUT2D eigenvalue weighted by Gasteiger charge is -2.21. The number of hydrogen-bond donors (Lipinski definition) is 2. The average Bonchev–Trinajstić information content (AvgIpc) is 2.76. The quantitative estimate of drug-likeness (QED) is 0.800. The van der Waals surface area contributed by atoms with Gasteiger partial charge in [-0.15, -0.1) is 0 Å². The Kier molecular flexibility index (Phi) is 3.47. The molecule has 1 heterocycles. The summed E-state index contributed by atoms with van der Waals surface area (Å²) in [4.78, 5) is 0. The Labute approximate surface area is 98.9 Å². The molecule has 1 aromatic rings. The molecule has 1 saturated heterocycles. The molecule has 0 saturated carbocycles. The molecule has 1 aliphatic rings. The molecule has 5 heteroatoms. The second kappa shape index (κ2) is 4.87. The van der Waals surface area contributed by atoms with Crippen LogP contribution in [0.3, 0.4) is 0 Å². The number of nitrogens with two attached hydrogens (primary N) is 1. The summed E-state index contributed by atoms with van der Waals surface area (Å²) in [6.07, 6.45) is 0.909. The third-order valence-electron chi connectivity index (χ3n) is 3.11. The average molecular weight is 242 g/mol. The van der Waals surface area contributed by atoms with E-state index in [9.17, 15) is 8.78 Å². The first kappa shape index (κ1) is 12.1. The minimum absolute atomic E-state index is 0.0369. The summed E-state index contributed by atoms with van der Waals surface area (Å²) in [5.74, 6) is -1.03. The van der Waals surface area contributed by atoms with Gasteiger partial charge in [-0.3, -0.25) is 0 Å². The Morgan fingerprint density at radius 1 is 1.41 bits per heavy atom. The van der Waals surface area contributed by atoms with Crippen molar-refractivity contribution in [2.45, 2.75) is 19.4 Å². The van der Waals surface area contributed by atoms with Gasteiger partial charge >= 0.3 is 0 Å². The molecule has 0 bridgehead atoms. The number of nitrogens with one attached hydrogen (secondary N) is 1. The lowest BCUT2D eigenvalue weighted by atomic mass is 10.0. The summed E-state index contributed by atoms with van der Waals surface area (Å²) in [6, 6.07) is 2.19. The Balaban J connectivity index is 2.12. The van der Waals surface area contributed by atoms with E-state index in [1.165, 1.54) is 0 Å². The molecule has 2 unspecified atom stereocenters. The highest BCUT2D eigenvalue weighted by atomic mass is 19.1. The monoisotopic (exact) mass is 242 g/mol. The minimum atomic E-state index is -0.659. The van der Waals surface area contributed by atoms with Gasteiger partial charge in [0.05, 0.1) is 6.61 Å². The summed E-state index contributed by atoms with van der Waals surface area (Å²) in [7, 11) is 0. The molecule has 0 aliphatic carbocycles. The first-order valence-corrected chi connectivity index (χ1v) is 5.66. The highest BCUT2D eigenvalue weighted by molar-refractivity contribution is 5.54. The van der Waals surface area contributed by atoms with Crippen LogP contribution in [-0.4, -0.2) is 19.3 Å². The van der Waals surface area contributed by atoms with Gasteiger partial charge in [0.1, 0.15) is 5.69 Å². The number of anilines is 2. The molecule has 17 heavy (non-hydrogen) atoms. The van der Waals surface area contributed by atoms with E-state index >= 15 is 0 Å². The van der Waals surface area contributed by atoms with E-state index in [0.29, 0.717) is 13.2 Å². The zero-order valence-corrected chi connectivity index (χ0v) is 9.67. The number of halogens is 2. The summed E-state index contributed by atoms with van der Waals surface area (Å²) >= 11 is 0. The molecule has 94 valence electrons. The second-order valence-electron chi connectivity index (χ2n) is 4.42. The van der Waals surface area contributed by atoms with Gasteiger partial charge in [-0.1, -0.05) is 0 Å². The molecule has 2 rings (SSSR count). The normalized spacial score (nSPS) is 21.5. The number of rotatable bonds is 3.